The largest absolute Gasteiger partial charge is 0.472 e. The molecule has 8 nitrogen and oxygen atoms in total. The lowest BCUT2D eigenvalue weighted by molar-refractivity contribution is -0.217. The number of hydrogen-bond acceptors (Lipinski definition) is 8. The lowest BCUT2D eigenvalue weighted by atomic mass is 9.40. The summed E-state index contributed by atoms with van der Waals surface area (Å²) in [4.78, 5) is 53.1. The number of carbonyl (C=O) groups excluding carboxylic acids is 4. The summed E-state index contributed by atoms with van der Waals surface area (Å²) in [6.45, 7) is 9.68. The van der Waals surface area contributed by atoms with Gasteiger partial charge >= 0.3 is 17.9 Å². The van der Waals surface area contributed by atoms with Gasteiger partial charge in [-0.15, -0.1) is 0 Å². The highest BCUT2D eigenvalue weighted by Crippen LogP contribution is 2.68. The first-order chi connectivity index (χ1) is 18.4. The Hall–Kier alpha value is -3.16. The van der Waals surface area contributed by atoms with Gasteiger partial charge in [0.2, 0.25) is 0 Å². The summed E-state index contributed by atoms with van der Waals surface area (Å²) >= 11 is 0. The van der Waals surface area contributed by atoms with E-state index in [1.807, 2.05) is 26.0 Å². The van der Waals surface area contributed by atoms with E-state index in [1.54, 1.807) is 32.4 Å². The summed E-state index contributed by atoms with van der Waals surface area (Å²) in [5, 5.41) is 0. The van der Waals surface area contributed by atoms with E-state index in [0.29, 0.717) is 5.57 Å². The molecule has 8 heteroatoms. The van der Waals surface area contributed by atoms with E-state index in [-0.39, 0.29) is 54.9 Å². The van der Waals surface area contributed by atoms with Crippen molar-refractivity contribution in [2.24, 2.45) is 39.9 Å². The molecule has 2 saturated carbocycles. The van der Waals surface area contributed by atoms with Crippen molar-refractivity contribution < 1.29 is 37.8 Å². The number of hydrogen-bond donors (Lipinski definition) is 0. The first kappa shape index (κ1) is 26.1. The summed E-state index contributed by atoms with van der Waals surface area (Å²) in [5.74, 6) is -2.42. The Morgan fingerprint density at radius 2 is 1.85 bits per heavy atom. The van der Waals surface area contributed by atoms with Crippen molar-refractivity contribution in [3.05, 3.63) is 47.5 Å². The molecule has 6 rings (SSSR count). The molecule has 208 valence electrons. The van der Waals surface area contributed by atoms with Gasteiger partial charge in [-0.2, -0.15) is 0 Å². The molecule has 39 heavy (non-hydrogen) atoms. The SMILES string of the molecule is CC=C(C)C(=O)OC1C2C=C3C4CC(=O)OC(c5ccoc5)C4(C)CCC3C(C)(C2=O)C2CC(=O)OCC12C. The van der Waals surface area contributed by atoms with Gasteiger partial charge in [0.1, 0.15) is 24.6 Å². The van der Waals surface area contributed by atoms with Crippen molar-refractivity contribution >= 4 is 23.7 Å². The van der Waals surface area contributed by atoms with Crippen LogP contribution < -0.4 is 0 Å². The minimum atomic E-state index is -0.852. The number of cyclic esters (lactones) is 2. The molecule has 2 saturated heterocycles. The van der Waals surface area contributed by atoms with Crippen LogP contribution in [0.15, 0.2) is 46.3 Å². The topological polar surface area (TPSA) is 109 Å². The summed E-state index contributed by atoms with van der Waals surface area (Å²) < 4.78 is 22.9. The van der Waals surface area contributed by atoms with Crippen LogP contribution in [0.3, 0.4) is 0 Å². The summed E-state index contributed by atoms with van der Waals surface area (Å²) in [6.07, 6.45) is 7.43. The van der Waals surface area contributed by atoms with Crippen molar-refractivity contribution in [1.82, 2.24) is 0 Å². The molecule has 3 heterocycles. The Morgan fingerprint density at radius 1 is 1.08 bits per heavy atom. The number of furan rings is 1. The second kappa shape index (κ2) is 8.67. The molecule has 5 aliphatic rings. The summed E-state index contributed by atoms with van der Waals surface area (Å²) in [5.41, 5.74) is 0.366. The van der Waals surface area contributed by atoms with Crippen molar-refractivity contribution in [1.29, 1.82) is 0 Å². The predicted molar refractivity (Wildman–Crippen MR) is 138 cm³/mol. The van der Waals surface area contributed by atoms with Gasteiger partial charge in [0.15, 0.2) is 0 Å². The van der Waals surface area contributed by atoms with Crippen LogP contribution in [0.4, 0.5) is 0 Å². The van der Waals surface area contributed by atoms with Crippen LogP contribution in [0.1, 0.15) is 72.0 Å². The third-order valence-corrected chi connectivity index (χ3v) is 11.0. The highest BCUT2D eigenvalue weighted by molar-refractivity contribution is 5.95. The Labute approximate surface area is 228 Å². The van der Waals surface area contributed by atoms with Gasteiger partial charge in [-0.05, 0) is 50.5 Å². The van der Waals surface area contributed by atoms with E-state index in [0.717, 1.165) is 24.0 Å². The molecule has 0 amide bonds. The molecule has 1 aromatic heterocycles. The monoisotopic (exact) mass is 536 g/mol. The molecule has 9 unspecified atom stereocenters. The molecule has 0 radical (unpaired) electrons. The minimum Gasteiger partial charge on any atom is -0.472 e. The van der Waals surface area contributed by atoms with E-state index in [2.05, 4.69) is 6.92 Å². The molecule has 2 bridgehead atoms. The van der Waals surface area contributed by atoms with E-state index in [4.69, 9.17) is 18.6 Å². The van der Waals surface area contributed by atoms with Crippen molar-refractivity contribution in [3.63, 3.8) is 0 Å². The van der Waals surface area contributed by atoms with Gasteiger partial charge in [0.05, 0.1) is 31.3 Å². The minimum absolute atomic E-state index is 0.0118. The summed E-state index contributed by atoms with van der Waals surface area (Å²) in [7, 11) is 0. The first-order valence-corrected chi connectivity index (χ1v) is 13.9. The van der Waals surface area contributed by atoms with Crippen LogP contribution >= 0.6 is 0 Å². The van der Waals surface area contributed by atoms with Crippen LogP contribution in [0.2, 0.25) is 0 Å². The van der Waals surface area contributed by atoms with Crippen molar-refractivity contribution in [2.75, 3.05) is 6.61 Å². The van der Waals surface area contributed by atoms with Crippen LogP contribution in [0, 0.1) is 39.9 Å². The van der Waals surface area contributed by atoms with E-state index < -0.39 is 40.3 Å². The average Bonchev–Trinajstić information content (AvgIpc) is 3.44. The van der Waals surface area contributed by atoms with Crippen LogP contribution in [-0.4, -0.2) is 36.4 Å². The molecule has 3 aliphatic carbocycles. The molecular formula is C31H36O8. The number of ether oxygens (including phenoxy) is 3. The summed E-state index contributed by atoms with van der Waals surface area (Å²) in [6, 6.07) is 1.84. The van der Waals surface area contributed by atoms with E-state index in [1.165, 1.54) is 0 Å². The van der Waals surface area contributed by atoms with Crippen molar-refractivity contribution in [2.45, 2.75) is 72.5 Å². The maximum Gasteiger partial charge on any atom is 0.333 e. The number of ketones is 1. The Balaban J connectivity index is 1.50. The second-order valence-corrected chi connectivity index (χ2v) is 12.8. The third kappa shape index (κ3) is 3.48. The standard InChI is InChI=1S/C31H36O8/c1-6-16(2)28(35)39-27-19-11-18-20(31(5,25(19)34)22-13-23(32)37-15-30(22,27)4)7-9-29(3)21(18)12-24(33)38-26(29)17-8-10-36-14-17/h6,8,10-11,14,19-22,26-27H,7,9,12-13,15H2,1-5H3. The van der Waals surface area contributed by atoms with Gasteiger partial charge in [0, 0.05) is 27.4 Å². The second-order valence-electron chi connectivity index (χ2n) is 12.8. The smallest absolute Gasteiger partial charge is 0.333 e. The van der Waals surface area contributed by atoms with Gasteiger partial charge in [-0.1, -0.05) is 38.5 Å². The van der Waals surface area contributed by atoms with Gasteiger partial charge in [0.25, 0.3) is 0 Å². The third-order valence-electron chi connectivity index (χ3n) is 11.0. The number of fused-ring (bicyclic) bond motifs is 8. The fraction of sp³-hybridized carbons (Fsp3) is 0.613. The van der Waals surface area contributed by atoms with Crippen molar-refractivity contribution in [3.8, 4) is 0 Å². The maximum atomic E-state index is 14.4. The Kier molecular flexibility index (Phi) is 5.80. The van der Waals surface area contributed by atoms with Crippen LogP contribution in [-0.2, 0) is 33.4 Å². The molecule has 0 aromatic carbocycles. The zero-order valence-electron chi connectivity index (χ0n) is 23.2. The van der Waals surface area contributed by atoms with Gasteiger partial charge < -0.3 is 18.6 Å². The Morgan fingerprint density at radius 3 is 2.54 bits per heavy atom. The fourth-order valence-corrected chi connectivity index (χ4v) is 8.69. The van der Waals surface area contributed by atoms with Gasteiger partial charge in [-0.25, -0.2) is 4.79 Å². The molecule has 2 aliphatic heterocycles. The number of carbonyl (C=O) groups is 4. The van der Waals surface area contributed by atoms with Crippen LogP contribution in [0.25, 0.3) is 0 Å². The zero-order valence-corrected chi connectivity index (χ0v) is 23.2. The van der Waals surface area contributed by atoms with E-state index >= 15 is 0 Å². The zero-order chi connectivity index (χ0) is 27.9. The average molecular weight is 537 g/mol. The number of rotatable bonds is 3. The van der Waals surface area contributed by atoms with Crippen LogP contribution in [0.5, 0.6) is 0 Å². The molecule has 9 atom stereocenters. The highest BCUT2D eigenvalue weighted by atomic mass is 16.6. The predicted octanol–water partition coefficient (Wildman–Crippen LogP) is 4.89. The quantitative estimate of drug-likeness (QED) is 0.232. The lowest BCUT2D eigenvalue weighted by Gasteiger charge is -2.64. The molecule has 4 fully saturated rings. The Bertz CT molecular complexity index is 1310. The van der Waals surface area contributed by atoms with E-state index in [9.17, 15) is 19.2 Å². The maximum absolute atomic E-state index is 14.4. The number of allylic oxidation sites excluding steroid dienone is 2. The number of esters is 3. The molecular weight excluding hydrogens is 500 g/mol. The normalized spacial score (nSPS) is 43.3. The molecule has 1 aromatic rings. The first-order valence-electron chi connectivity index (χ1n) is 13.9. The molecule has 0 spiro atoms. The lowest BCUT2D eigenvalue weighted by Crippen LogP contribution is -2.69. The number of Topliss-reactive ketones (excluding diaryl/α,β-unsaturated/α-hetero) is 1. The van der Waals surface area contributed by atoms with Gasteiger partial charge in [-0.3, -0.25) is 14.4 Å². The fourth-order valence-electron chi connectivity index (χ4n) is 8.69. The molecule has 0 N–H and O–H groups in total. The highest BCUT2D eigenvalue weighted by Gasteiger charge is 2.71.